The van der Waals surface area contributed by atoms with E-state index in [4.69, 9.17) is 14.6 Å². The third-order valence-electron chi connectivity index (χ3n) is 4.53. The number of aliphatic hydroxyl groups excluding tert-OH is 1. The maximum absolute atomic E-state index is 14.5. The summed E-state index contributed by atoms with van der Waals surface area (Å²) >= 11 is 0. The van der Waals surface area contributed by atoms with Crippen LogP contribution in [0.15, 0.2) is 24.5 Å². The van der Waals surface area contributed by atoms with Crippen molar-refractivity contribution in [2.75, 3.05) is 19.0 Å². The molecule has 0 aliphatic rings. The fourth-order valence-electron chi connectivity index (χ4n) is 2.90. The van der Waals surface area contributed by atoms with Crippen LogP contribution in [-0.2, 0) is 26.5 Å². The highest BCUT2D eigenvalue weighted by molar-refractivity contribution is 5.48. The predicted octanol–water partition coefficient (Wildman–Crippen LogP) is 2.92. The van der Waals surface area contributed by atoms with E-state index in [2.05, 4.69) is 20.4 Å². The lowest BCUT2D eigenvalue weighted by molar-refractivity contribution is 0.285. The van der Waals surface area contributed by atoms with Gasteiger partial charge in [0.2, 0.25) is 5.95 Å². The molecule has 0 amide bonds. The maximum atomic E-state index is 14.5. The molecule has 0 aliphatic carbocycles. The Morgan fingerprint density at radius 3 is 2.53 bits per heavy atom. The Balaban J connectivity index is 1.69. The van der Waals surface area contributed by atoms with Gasteiger partial charge in [-0.1, -0.05) is 6.92 Å². The number of hydrogen-bond acceptors (Lipinski definition) is 7. The Bertz CT molecular complexity index is 980. The number of halogens is 2. The minimum absolute atomic E-state index is 0.0235. The molecule has 3 aromatic rings. The van der Waals surface area contributed by atoms with E-state index < -0.39 is 11.6 Å². The second-order valence-electron chi connectivity index (χ2n) is 6.47. The van der Waals surface area contributed by atoms with E-state index in [0.29, 0.717) is 24.2 Å². The summed E-state index contributed by atoms with van der Waals surface area (Å²) < 4.78 is 41.1. The maximum Gasteiger partial charge on any atom is 0.228 e. The molecular weight excluding hydrogens is 396 g/mol. The van der Waals surface area contributed by atoms with Gasteiger partial charge in [-0.05, 0) is 18.1 Å². The number of benzene rings is 1. The van der Waals surface area contributed by atoms with Gasteiger partial charge in [-0.3, -0.25) is 4.68 Å². The van der Waals surface area contributed by atoms with E-state index in [1.807, 2.05) is 0 Å². The van der Waals surface area contributed by atoms with Gasteiger partial charge in [-0.25, -0.2) is 18.7 Å². The first-order valence-corrected chi connectivity index (χ1v) is 9.36. The van der Waals surface area contributed by atoms with Crippen LogP contribution in [-0.4, -0.2) is 38.6 Å². The van der Waals surface area contributed by atoms with Crippen molar-refractivity contribution in [3.05, 3.63) is 53.0 Å². The van der Waals surface area contributed by atoms with Gasteiger partial charge in [0.25, 0.3) is 0 Å². The minimum atomic E-state index is -0.791. The van der Waals surface area contributed by atoms with E-state index in [1.165, 1.54) is 25.6 Å². The molecule has 2 heterocycles. The van der Waals surface area contributed by atoms with Gasteiger partial charge in [-0.15, -0.1) is 0 Å². The zero-order valence-corrected chi connectivity index (χ0v) is 16.9. The summed E-state index contributed by atoms with van der Waals surface area (Å²) in [6.07, 6.45) is 3.66. The monoisotopic (exact) mass is 419 g/mol. The van der Waals surface area contributed by atoms with Crippen molar-refractivity contribution in [3.8, 4) is 11.5 Å². The molecule has 1 aromatic carbocycles. The van der Waals surface area contributed by atoms with Gasteiger partial charge in [-0.2, -0.15) is 5.10 Å². The van der Waals surface area contributed by atoms with Crippen LogP contribution < -0.4 is 14.8 Å². The standard InChI is InChI=1S/C20H23F2N5O3/c1-4-12-7-16(29-3)19(22)15(18(12)21)11-30-14-9-23-20(24-10-14)25-17-8-13(5-6-28)27(2)26-17/h7-10,28H,4-6,11H2,1-3H3,(H,23,24,25,26). The van der Waals surface area contributed by atoms with Crippen LogP contribution in [0.4, 0.5) is 20.5 Å². The highest BCUT2D eigenvalue weighted by Crippen LogP contribution is 2.28. The van der Waals surface area contributed by atoms with Crippen LogP contribution in [0, 0.1) is 11.6 Å². The Morgan fingerprint density at radius 2 is 1.90 bits per heavy atom. The SMILES string of the molecule is CCc1cc(OC)c(F)c(COc2cnc(Nc3cc(CCO)n(C)n3)nc2)c1F. The van der Waals surface area contributed by atoms with Crippen LogP contribution in [0.3, 0.4) is 0 Å². The van der Waals surface area contributed by atoms with Crippen LogP contribution in [0.1, 0.15) is 23.7 Å². The first kappa shape index (κ1) is 21.4. The summed E-state index contributed by atoms with van der Waals surface area (Å²) in [5.41, 5.74) is 0.991. The Morgan fingerprint density at radius 1 is 1.17 bits per heavy atom. The number of aliphatic hydroxyl groups is 1. The fraction of sp³-hybridized carbons (Fsp3) is 0.350. The zero-order chi connectivity index (χ0) is 21.7. The number of hydrogen-bond donors (Lipinski definition) is 2. The number of anilines is 2. The van der Waals surface area contributed by atoms with Crippen molar-refractivity contribution < 1.29 is 23.4 Å². The predicted molar refractivity (Wildman–Crippen MR) is 106 cm³/mol. The van der Waals surface area contributed by atoms with E-state index in [9.17, 15) is 8.78 Å². The van der Waals surface area contributed by atoms with Crippen molar-refractivity contribution in [2.24, 2.45) is 7.05 Å². The second-order valence-corrected chi connectivity index (χ2v) is 6.47. The van der Waals surface area contributed by atoms with E-state index in [0.717, 1.165) is 5.69 Å². The second kappa shape index (κ2) is 9.49. The number of methoxy groups -OCH3 is 1. The Labute approximate surface area is 172 Å². The summed E-state index contributed by atoms with van der Waals surface area (Å²) in [5, 5.41) is 16.3. The average Bonchev–Trinajstić information content (AvgIpc) is 3.08. The molecule has 0 spiro atoms. The van der Waals surface area contributed by atoms with E-state index in [-0.39, 0.29) is 36.2 Å². The van der Waals surface area contributed by atoms with Crippen LogP contribution >= 0.6 is 0 Å². The lowest BCUT2D eigenvalue weighted by Crippen LogP contribution is -2.07. The fourth-order valence-corrected chi connectivity index (χ4v) is 2.90. The summed E-state index contributed by atoms with van der Waals surface area (Å²) in [5.74, 6) is -0.407. The quantitative estimate of drug-likeness (QED) is 0.551. The molecule has 0 bridgehead atoms. The van der Waals surface area contributed by atoms with Gasteiger partial charge in [0.1, 0.15) is 12.4 Å². The normalized spacial score (nSPS) is 10.9. The van der Waals surface area contributed by atoms with E-state index >= 15 is 0 Å². The average molecular weight is 419 g/mol. The van der Waals surface area contributed by atoms with Crippen LogP contribution in [0.25, 0.3) is 0 Å². The molecule has 3 rings (SSSR count). The summed E-state index contributed by atoms with van der Waals surface area (Å²) in [6, 6.07) is 3.13. The number of ether oxygens (including phenoxy) is 2. The lowest BCUT2D eigenvalue weighted by atomic mass is 10.1. The number of aryl methyl sites for hydroxylation is 2. The largest absolute Gasteiger partial charge is 0.494 e. The van der Waals surface area contributed by atoms with Crippen LogP contribution in [0.2, 0.25) is 0 Å². The third kappa shape index (κ3) is 4.65. The zero-order valence-electron chi connectivity index (χ0n) is 16.9. The van der Waals surface area contributed by atoms with Crippen molar-refractivity contribution >= 4 is 11.8 Å². The number of nitrogens with one attached hydrogen (secondary N) is 1. The molecule has 0 saturated heterocycles. The van der Waals surface area contributed by atoms with E-state index in [1.54, 1.807) is 24.7 Å². The molecule has 0 saturated carbocycles. The summed E-state index contributed by atoms with van der Waals surface area (Å²) in [4.78, 5) is 8.25. The summed E-state index contributed by atoms with van der Waals surface area (Å²) in [7, 11) is 3.10. The molecule has 0 unspecified atom stereocenters. The molecule has 0 radical (unpaired) electrons. The van der Waals surface area contributed by atoms with Crippen molar-refractivity contribution in [1.29, 1.82) is 0 Å². The van der Waals surface area contributed by atoms with Gasteiger partial charge in [0, 0.05) is 31.8 Å². The van der Waals surface area contributed by atoms with Crippen LogP contribution in [0.5, 0.6) is 11.5 Å². The first-order chi connectivity index (χ1) is 14.5. The highest BCUT2D eigenvalue weighted by atomic mass is 19.1. The highest BCUT2D eigenvalue weighted by Gasteiger charge is 2.19. The third-order valence-corrected chi connectivity index (χ3v) is 4.53. The molecule has 0 atom stereocenters. The van der Waals surface area contributed by atoms with Gasteiger partial charge in [0.05, 0.1) is 25.1 Å². The minimum Gasteiger partial charge on any atom is -0.494 e. The smallest absolute Gasteiger partial charge is 0.228 e. The Hall–Kier alpha value is -3.27. The van der Waals surface area contributed by atoms with Gasteiger partial charge < -0.3 is 19.9 Å². The van der Waals surface area contributed by atoms with Gasteiger partial charge >= 0.3 is 0 Å². The molecule has 2 aromatic heterocycles. The molecule has 2 N–H and O–H groups in total. The molecule has 10 heteroatoms. The van der Waals surface area contributed by atoms with Crippen molar-refractivity contribution in [1.82, 2.24) is 19.7 Å². The summed E-state index contributed by atoms with van der Waals surface area (Å²) in [6.45, 7) is 1.47. The molecule has 0 fully saturated rings. The number of nitrogens with zero attached hydrogens (tertiary/aromatic N) is 4. The first-order valence-electron chi connectivity index (χ1n) is 9.36. The van der Waals surface area contributed by atoms with Crippen molar-refractivity contribution in [3.63, 3.8) is 0 Å². The number of rotatable bonds is 9. The van der Waals surface area contributed by atoms with Gasteiger partial charge in [0.15, 0.2) is 23.1 Å². The molecule has 8 nitrogen and oxygen atoms in total. The molecule has 30 heavy (non-hydrogen) atoms. The number of aromatic nitrogens is 4. The molecule has 0 aliphatic heterocycles. The lowest BCUT2D eigenvalue weighted by Gasteiger charge is -2.13. The molecular formula is C20H23F2N5O3. The topological polar surface area (TPSA) is 94.3 Å². The molecule has 160 valence electrons. The Kier molecular flexibility index (Phi) is 6.78. The van der Waals surface area contributed by atoms with Crippen molar-refractivity contribution in [2.45, 2.75) is 26.4 Å².